The van der Waals surface area contributed by atoms with E-state index in [-0.39, 0.29) is 5.78 Å². The first-order valence-corrected chi connectivity index (χ1v) is 9.46. The van der Waals surface area contributed by atoms with Crippen molar-refractivity contribution in [1.82, 2.24) is 4.98 Å². The molecule has 0 amide bonds. The minimum Gasteiger partial charge on any atom is -0.378 e. The number of nitrogens with one attached hydrogen (secondary N) is 1. The number of rotatable bonds is 5. The fourth-order valence-corrected chi connectivity index (χ4v) is 3.28. The van der Waals surface area contributed by atoms with E-state index >= 15 is 0 Å². The van der Waals surface area contributed by atoms with Crippen LogP contribution in [0.3, 0.4) is 0 Å². The van der Waals surface area contributed by atoms with Crippen molar-refractivity contribution in [2.75, 3.05) is 36.5 Å². The molecule has 142 valence electrons. The third kappa shape index (κ3) is 4.21. The van der Waals surface area contributed by atoms with Crippen LogP contribution in [0.4, 0.5) is 17.2 Å². The molecule has 0 bridgehead atoms. The van der Waals surface area contributed by atoms with Crippen LogP contribution in [0.25, 0.3) is 11.1 Å². The zero-order valence-corrected chi connectivity index (χ0v) is 15.9. The van der Waals surface area contributed by atoms with E-state index in [0.717, 1.165) is 48.9 Å². The number of morpholine rings is 1. The van der Waals surface area contributed by atoms with E-state index in [9.17, 15) is 4.79 Å². The summed E-state index contributed by atoms with van der Waals surface area (Å²) in [6.45, 7) is 5.01. The highest BCUT2D eigenvalue weighted by Gasteiger charge is 2.11. The lowest BCUT2D eigenvalue weighted by atomic mass is 10.0. The molecule has 4 rings (SSSR count). The summed E-state index contributed by atoms with van der Waals surface area (Å²) in [5.74, 6) is 0.846. The first-order valence-electron chi connectivity index (χ1n) is 9.46. The maximum atomic E-state index is 11.6. The topological polar surface area (TPSA) is 54.5 Å². The van der Waals surface area contributed by atoms with Crippen LogP contribution in [-0.2, 0) is 4.74 Å². The van der Waals surface area contributed by atoms with Crippen LogP contribution >= 0.6 is 0 Å². The van der Waals surface area contributed by atoms with Crippen LogP contribution in [-0.4, -0.2) is 37.1 Å². The molecule has 1 fully saturated rings. The van der Waals surface area contributed by atoms with Crippen molar-refractivity contribution in [2.24, 2.45) is 0 Å². The number of hydrogen-bond donors (Lipinski definition) is 1. The summed E-state index contributed by atoms with van der Waals surface area (Å²) >= 11 is 0. The summed E-state index contributed by atoms with van der Waals surface area (Å²) in [4.78, 5) is 18.4. The summed E-state index contributed by atoms with van der Waals surface area (Å²) in [5, 5.41) is 3.33. The van der Waals surface area contributed by atoms with Gasteiger partial charge >= 0.3 is 0 Å². The second-order valence-corrected chi connectivity index (χ2v) is 6.84. The average Bonchev–Trinajstić information content (AvgIpc) is 2.75. The quantitative estimate of drug-likeness (QED) is 0.666. The van der Waals surface area contributed by atoms with E-state index in [0.29, 0.717) is 5.56 Å². The number of ether oxygens (including phenoxy) is 1. The lowest BCUT2D eigenvalue weighted by Crippen LogP contribution is -2.36. The van der Waals surface area contributed by atoms with Crippen LogP contribution in [0.2, 0.25) is 0 Å². The third-order valence-electron chi connectivity index (χ3n) is 4.88. The van der Waals surface area contributed by atoms with Gasteiger partial charge in [0.05, 0.1) is 13.2 Å². The smallest absolute Gasteiger partial charge is 0.159 e. The van der Waals surface area contributed by atoms with E-state index in [1.807, 2.05) is 42.6 Å². The summed E-state index contributed by atoms with van der Waals surface area (Å²) in [5.41, 5.74) is 4.89. The van der Waals surface area contributed by atoms with E-state index < -0.39 is 0 Å². The van der Waals surface area contributed by atoms with Gasteiger partial charge in [-0.05, 0) is 55.0 Å². The van der Waals surface area contributed by atoms with Gasteiger partial charge in [0.25, 0.3) is 0 Å². The number of carbonyl (C=O) groups excluding carboxylic acids is 1. The maximum absolute atomic E-state index is 11.6. The summed E-state index contributed by atoms with van der Waals surface area (Å²) < 4.78 is 5.40. The summed E-state index contributed by atoms with van der Waals surface area (Å²) in [6, 6.07) is 19.9. The number of aromatic nitrogens is 1. The second-order valence-electron chi connectivity index (χ2n) is 6.84. The molecule has 2 heterocycles. The summed E-state index contributed by atoms with van der Waals surface area (Å²) in [7, 11) is 0. The molecule has 2 aromatic carbocycles. The normalized spacial score (nSPS) is 14.0. The zero-order chi connectivity index (χ0) is 19.3. The SMILES string of the molecule is CC(=O)c1cccc(-c2ccc(Nc3ccc(N4CCOCC4)cc3)nc2)c1. The van der Waals surface area contributed by atoms with Crippen molar-refractivity contribution in [2.45, 2.75) is 6.92 Å². The average molecular weight is 373 g/mol. The van der Waals surface area contributed by atoms with Crippen molar-refractivity contribution in [3.8, 4) is 11.1 Å². The number of Topliss-reactive ketones (excluding diaryl/α,β-unsaturated/α-hetero) is 1. The predicted molar refractivity (Wildman–Crippen MR) is 112 cm³/mol. The molecule has 0 saturated carbocycles. The van der Waals surface area contributed by atoms with Gasteiger partial charge in [-0.15, -0.1) is 0 Å². The first kappa shape index (κ1) is 18.2. The number of nitrogens with zero attached hydrogens (tertiary/aromatic N) is 2. The Hall–Kier alpha value is -3.18. The lowest BCUT2D eigenvalue weighted by Gasteiger charge is -2.28. The number of pyridine rings is 1. The molecule has 1 N–H and O–H groups in total. The molecule has 5 nitrogen and oxygen atoms in total. The lowest BCUT2D eigenvalue weighted by molar-refractivity contribution is 0.101. The Kier molecular flexibility index (Phi) is 5.35. The number of benzene rings is 2. The van der Waals surface area contributed by atoms with Crippen molar-refractivity contribution < 1.29 is 9.53 Å². The molecule has 0 radical (unpaired) electrons. The van der Waals surface area contributed by atoms with E-state index in [4.69, 9.17) is 4.74 Å². The Bertz CT molecular complexity index is 946. The van der Waals surface area contributed by atoms with Crippen LogP contribution in [0.5, 0.6) is 0 Å². The van der Waals surface area contributed by atoms with Gasteiger partial charge in [-0.25, -0.2) is 4.98 Å². The molecular weight excluding hydrogens is 350 g/mol. The Morgan fingerprint density at radius 2 is 1.79 bits per heavy atom. The highest BCUT2D eigenvalue weighted by Crippen LogP contribution is 2.24. The van der Waals surface area contributed by atoms with Crippen molar-refractivity contribution in [3.63, 3.8) is 0 Å². The van der Waals surface area contributed by atoms with Crippen molar-refractivity contribution in [3.05, 3.63) is 72.4 Å². The van der Waals surface area contributed by atoms with Gasteiger partial charge < -0.3 is 15.0 Å². The minimum absolute atomic E-state index is 0.0635. The van der Waals surface area contributed by atoms with Gasteiger partial charge in [-0.1, -0.05) is 18.2 Å². The van der Waals surface area contributed by atoms with Gasteiger partial charge in [0, 0.05) is 41.8 Å². The minimum atomic E-state index is 0.0635. The number of hydrogen-bond acceptors (Lipinski definition) is 5. The van der Waals surface area contributed by atoms with Gasteiger partial charge in [0.2, 0.25) is 0 Å². The standard InChI is InChI=1S/C23H23N3O2/c1-17(27)18-3-2-4-19(15-18)20-5-10-23(24-16-20)25-21-6-8-22(9-7-21)26-11-13-28-14-12-26/h2-10,15-16H,11-14H2,1H3,(H,24,25). The van der Waals surface area contributed by atoms with Gasteiger partial charge in [-0.3, -0.25) is 4.79 Å². The molecule has 1 aliphatic rings. The predicted octanol–water partition coefficient (Wildman–Crippen LogP) is 4.53. The van der Waals surface area contributed by atoms with Crippen LogP contribution < -0.4 is 10.2 Å². The monoisotopic (exact) mass is 373 g/mol. The largest absolute Gasteiger partial charge is 0.378 e. The molecule has 0 aliphatic carbocycles. The number of ketones is 1. The molecule has 1 aromatic heterocycles. The molecule has 0 unspecified atom stereocenters. The highest BCUT2D eigenvalue weighted by molar-refractivity contribution is 5.95. The Balaban J connectivity index is 1.44. The Labute approximate surface area is 165 Å². The molecule has 1 aliphatic heterocycles. The van der Waals surface area contributed by atoms with Crippen LogP contribution in [0.1, 0.15) is 17.3 Å². The zero-order valence-electron chi connectivity index (χ0n) is 15.9. The molecule has 28 heavy (non-hydrogen) atoms. The maximum Gasteiger partial charge on any atom is 0.159 e. The van der Waals surface area contributed by atoms with Gasteiger partial charge in [0.1, 0.15) is 5.82 Å². The fraction of sp³-hybridized carbons (Fsp3) is 0.217. The van der Waals surface area contributed by atoms with Gasteiger partial charge in [-0.2, -0.15) is 0 Å². The van der Waals surface area contributed by atoms with Crippen molar-refractivity contribution in [1.29, 1.82) is 0 Å². The molecule has 0 spiro atoms. The molecule has 1 saturated heterocycles. The van der Waals surface area contributed by atoms with Gasteiger partial charge in [0.15, 0.2) is 5.78 Å². The van der Waals surface area contributed by atoms with Crippen LogP contribution in [0.15, 0.2) is 66.9 Å². The third-order valence-corrected chi connectivity index (χ3v) is 4.88. The van der Waals surface area contributed by atoms with Crippen molar-refractivity contribution >= 4 is 23.0 Å². The van der Waals surface area contributed by atoms with E-state index in [1.165, 1.54) is 5.69 Å². The number of carbonyl (C=O) groups is 1. The van der Waals surface area contributed by atoms with E-state index in [2.05, 4.69) is 39.5 Å². The number of anilines is 3. The molecule has 0 atom stereocenters. The first-order chi connectivity index (χ1) is 13.7. The molecule has 3 aromatic rings. The summed E-state index contributed by atoms with van der Waals surface area (Å²) in [6.07, 6.45) is 1.82. The Morgan fingerprint density at radius 3 is 2.46 bits per heavy atom. The van der Waals surface area contributed by atoms with E-state index in [1.54, 1.807) is 6.92 Å². The molecule has 5 heteroatoms. The highest BCUT2D eigenvalue weighted by atomic mass is 16.5. The fourth-order valence-electron chi connectivity index (χ4n) is 3.28. The molecular formula is C23H23N3O2. The Morgan fingerprint density at radius 1 is 1.00 bits per heavy atom. The second kappa shape index (κ2) is 8.23. The van der Waals surface area contributed by atoms with Crippen LogP contribution in [0, 0.1) is 0 Å².